The van der Waals surface area contributed by atoms with Crippen LogP contribution in [-0.4, -0.2) is 45.9 Å². The molecule has 2 aromatic heterocycles. The molecule has 5 nitrogen and oxygen atoms in total. The summed E-state index contributed by atoms with van der Waals surface area (Å²) in [7, 11) is 0. The Bertz CT molecular complexity index is 726. The van der Waals surface area contributed by atoms with Gasteiger partial charge in [0.1, 0.15) is 5.65 Å². The number of aromatic amines is 1. The number of fused-ring (bicyclic) bond motifs is 1. The van der Waals surface area contributed by atoms with Crippen molar-refractivity contribution in [3.8, 4) is 0 Å². The molecule has 1 saturated carbocycles. The molecule has 3 heterocycles. The van der Waals surface area contributed by atoms with Gasteiger partial charge in [0.2, 0.25) is 5.91 Å². The maximum atomic E-state index is 12.5. The molecule has 134 valence electrons. The van der Waals surface area contributed by atoms with E-state index < -0.39 is 0 Å². The number of piperidine rings is 1. The minimum Gasteiger partial charge on any atom is -0.352 e. The molecule has 1 aliphatic carbocycles. The Morgan fingerprint density at radius 1 is 1.28 bits per heavy atom. The Hall–Kier alpha value is -1.88. The number of amides is 1. The van der Waals surface area contributed by atoms with Crippen LogP contribution in [0.5, 0.6) is 0 Å². The van der Waals surface area contributed by atoms with Gasteiger partial charge in [-0.25, -0.2) is 4.98 Å². The van der Waals surface area contributed by atoms with E-state index in [1.54, 1.807) is 0 Å². The Balaban J connectivity index is 1.35. The van der Waals surface area contributed by atoms with Crippen LogP contribution in [0.1, 0.15) is 56.9 Å². The number of carbonyl (C=O) groups is 1. The summed E-state index contributed by atoms with van der Waals surface area (Å²) in [5.41, 5.74) is 2.36. The summed E-state index contributed by atoms with van der Waals surface area (Å²) < 4.78 is 0. The number of hydrogen-bond acceptors (Lipinski definition) is 3. The minimum atomic E-state index is -0.0221. The van der Waals surface area contributed by atoms with Gasteiger partial charge in [-0.1, -0.05) is 12.8 Å². The minimum absolute atomic E-state index is 0.0221. The van der Waals surface area contributed by atoms with Gasteiger partial charge in [-0.15, -0.1) is 0 Å². The zero-order valence-electron chi connectivity index (χ0n) is 15.0. The van der Waals surface area contributed by atoms with Crippen LogP contribution in [-0.2, 0) is 4.79 Å². The van der Waals surface area contributed by atoms with Crippen molar-refractivity contribution in [1.82, 2.24) is 20.2 Å². The number of carbonyl (C=O) groups excluding carboxylic acids is 1. The van der Waals surface area contributed by atoms with Crippen LogP contribution in [0.2, 0.25) is 0 Å². The van der Waals surface area contributed by atoms with E-state index in [1.165, 1.54) is 23.8 Å². The first-order valence-electron chi connectivity index (χ1n) is 9.69. The highest BCUT2D eigenvalue weighted by Crippen LogP contribution is 2.33. The van der Waals surface area contributed by atoms with Crippen LogP contribution in [0.4, 0.5) is 0 Å². The number of H-pyrrole nitrogens is 1. The maximum Gasteiger partial charge on any atom is 0.237 e. The number of pyridine rings is 1. The molecular weight excluding hydrogens is 312 g/mol. The molecule has 4 rings (SSSR count). The summed E-state index contributed by atoms with van der Waals surface area (Å²) in [6.45, 7) is 4.02. The average molecular weight is 340 g/mol. The summed E-state index contributed by atoms with van der Waals surface area (Å²) in [6.07, 6.45) is 11.0. The summed E-state index contributed by atoms with van der Waals surface area (Å²) in [6, 6.07) is 4.54. The molecule has 25 heavy (non-hydrogen) atoms. The first-order chi connectivity index (χ1) is 12.2. The summed E-state index contributed by atoms with van der Waals surface area (Å²) in [4.78, 5) is 22.5. The van der Waals surface area contributed by atoms with Crippen LogP contribution in [0.3, 0.4) is 0 Å². The van der Waals surface area contributed by atoms with E-state index in [9.17, 15) is 4.79 Å². The first-order valence-corrected chi connectivity index (χ1v) is 9.69. The van der Waals surface area contributed by atoms with Crippen LogP contribution in [0.15, 0.2) is 24.5 Å². The third-order valence-electron chi connectivity index (χ3n) is 6.08. The monoisotopic (exact) mass is 340 g/mol. The highest BCUT2D eigenvalue weighted by molar-refractivity contribution is 5.82. The fourth-order valence-electron chi connectivity index (χ4n) is 4.47. The standard InChI is InChI=1S/C20H28N4O/c1-14(20(25)23-16-5-2-3-6-16)24-11-8-15(9-12-24)18-13-22-19-17(18)7-4-10-21-19/h4,7,10,13-16H,2-3,5-6,8-9,11-12H2,1H3,(H,21,22)(H,23,25). The molecule has 2 fully saturated rings. The first kappa shape index (κ1) is 16.6. The van der Waals surface area contributed by atoms with Crippen molar-refractivity contribution in [2.75, 3.05) is 13.1 Å². The van der Waals surface area contributed by atoms with E-state index in [2.05, 4.69) is 39.4 Å². The number of nitrogens with one attached hydrogen (secondary N) is 2. The average Bonchev–Trinajstić information content (AvgIpc) is 3.31. The quantitative estimate of drug-likeness (QED) is 0.898. The smallest absolute Gasteiger partial charge is 0.237 e. The van der Waals surface area contributed by atoms with Crippen molar-refractivity contribution in [2.45, 2.75) is 63.5 Å². The van der Waals surface area contributed by atoms with Crippen molar-refractivity contribution in [2.24, 2.45) is 0 Å². The van der Waals surface area contributed by atoms with Crippen molar-refractivity contribution in [3.05, 3.63) is 30.1 Å². The SMILES string of the molecule is CC(C(=O)NC1CCCC1)N1CCC(c2c[nH]c3ncccc23)CC1. The zero-order chi connectivity index (χ0) is 17.2. The largest absolute Gasteiger partial charge is 0.352 e. The summed E-state index contributed by atoms with van der Waals surface area (Å²) in [5, 5.41) is 4.49. The molecule has 5 heteroatoms. The van der Waals surface area contributed by atoms with Crippen molar-refractivity contribution < 1.29 is 4.79 Å². The van der Waals surface area contributed by atoms with Gasteiger partial charge < -0.3 is 10.3 Å². The Morgan fingerprint density at radius 3 is 2.80 bits per heavy atom. The third kappa shape index (κ3) is 3.43. The molecular formula is C20H28N4O. The van der Waals surface area contributed by atoms with Gasteiger partial charge in [-0.05, 0) is 69.3 Å². The maximum absolute atomic E-state index is 12.5. The number of hydrogen-bond donors (Lipinski definition) is 2. The second-order valence-electron chi connectivity index (χ2n) is 7.62. The molecule has 0 spiro atoms. The highest BCUT2D eigenvalue weighted by atomic mass is 16.2. The number of rotatable bonds is 4. The number of nitrogens with zero attached hydrogens (tertiary/aromatic N) is 2. The van der Waals surface area contributed by atoms with Gasteiger partial charge >= 0.3 is 0 Å². The predicted molar refractivity (Wildman–Crippen MR) is 99.5 cm³/mol. The fraction of sp³-hybridized carbons (Fsp3) is 0.600. The highest BCUT2D eigenvalue weighted by Gasteiger charge is 2.29. The lowest BCUT2D eigenvalue weighted by atomic mass is 9.89. The van der Waals surface area contributed by atoms with Crippen LogP contribution >= 0.6 is 0 Å². The summed E-state index contributed by atoms with van der Waals surface area (Å²) >= 11 is 0. The predicted octanol–water partition coefficient (Wildman–Crippen LogP) is 3.19. The lowest BCUT2D eigenvalue weighted by molar-refractivity contribution is -0.127. The van der Waals surface area contributed by atoms with E-state index in [-0.39, 0.29) is 11.9 Å². The van der Waals surface area contributed by atoms with E-state index in [4.69, 9.17) is 0 Å². The van der Waals surface area contributed by atoms with Gasteiger partial charge in [-0.3, -0.25) is 9.69 Å². The van der Waals surface area contributed by atoms with Crippen LogP contribution < -0.4 is 5.32 Å². The molecule has 2 N–H and O–H groups in total. The van der Waals surface area contributed by atoms with Gasteiger partial charge in [0.15, 0.2) is 0 Å². The molecule has 0 aromatic carbocycles. The third-order valence-corrected chi connectivity index (χ3v) is 6.08. The second-order valence-corrected chi connectivity index (χ2v) is 7.62. The van der Waals surface area contributed by atoms with Crippen molar-refractivity contribution in [1.29, 1.82) is 0 Å². The van der Waals surface area contributed by atoms with E-state index in [1.807, 2.05) is 12.3 Å². The van der Waals surface area contributed by atoms with Gasteiger partial charge in [0.25, 0.3) is 0 Å². The normalized spacial score (nSPS) is 21.6. The topological polar surface area (TPSA) is 61.0 Å². The van der Waals surface area contributed by atoms with Crippen molar-refractivity contribution >= 4 is 16.9 Å². The molecule has 2 aromatic rings. The van der Waals surface area contributed by atoms with Gasteiger partial charge in [0, 0.05) is 23.8 Å². The van der Waals surface area contributed by atoms with Gasteiger partial charge in [-0.2, -0.15) is 0 Å². The Labute approximate surface area is 149 Å². The van der Waals surface area contributed by atoms with E-state index in [0.29, 0.717) is 12.0 Å². The molecule has 0 bridgehead atoms. The van der Waals surface area contributed by atoms with E-state index in [0.717, 1.165) is 44.4 Å². The second kappa shape index (κ2) is 7.16. The molecule has 1 amide bonds. The van der Waals surface area contributed by atoms with Crippen LogP contribution in [0, 0.1) is 0 Å². The lowest BCUT2D eigenvalue weighted by Gasteiger charge is -2.35. The zero-order valence-corrected chi connectivity index (χ0v) is 15.0. The van der Waals surface area contributed by atoms with E-state index >= 15 is 0 Å². The Kier molecular flexibility index (Phi) is 4.75. The lowest BCUT2D eigenvalue weighted by Crippen LogP contribution is -2.49. The molecule has 1 unspecified atom stereocenters. The molecule has 0 radical (unpaired) electrons. The molecule has 1 saturated heterocycles. The fourth-order valence-corrected chi connectivity index (χ4v) is 4.47. The van der Waals surface area contributed by atoms with Crippen LogP contribution in [0.25, 0.3) is 11.0 Å². The summed E-state index contributed by atoms with van der Waals surface area (Å²) in [5.74, 6) is 0.765. The molecule has 1 atom stereocenters. The van der Waals surface area contributed by atoms with Crippen molar-refractivity contribution in [3.63, 3.8) is 0 Å². The number of aromatic nitrogens is 2. The molecule has 2 aliphatic rings. The van der Waals surface area contributed by atoms with Gasteiger partial charge in [0.05, 0.1) is 6.04 Å². The molecule has 1 aliphatic heterocycles. The number of likely N-dealkylation sites (tertiary alicyclic amines) is 1. The Morgan fingerprint density at radius 2 is 2.04 bits per heavy atom.